The fourth-order valence-corrected chi connectivity index (χ4v) is 3.31. The molecule has 4 heteroatoms. The van der Waals surface area contributed by atoms with E-state index in [1.165, 1.54) is 10.9 Å². The lowest BCUT2D eigenvalue weighted by atomic mass is 10.0. The predicted molar refractivity (Wildman–Crippen MR) is 80.6 cm³/mol. The second-order valence-electron chi connectivity index (χ2n) is 4.46. The minimum atomic E-state index is -0.130. The van der Waals surface area contributed by atoms with Gasteiger partial charge in [-0.2, -0.15) is 0 Å². The first kappa shape index (κ1) is 14.5. The molecule has 1 heterocycles. The number of nitrogens with one attached hydrogen (secondary N) is 1. The van der Waals surface area contributed by atoms with E-state index in [-0.39, 0.29) is 11.9 Å². The fraction of sp³-hybridized carbons (Fsp3) is 0.333. The highest BCUT2D eigenvalue weighted by atomic mass is 35.5. The summed E-state index contributed by atoms with van der Waals surface area (Å²) in [5.74, 6) is -0.130. The summed E-state index contributed by atoms with van der Waals surface area (Å²) in [6.07, 6.45) is 1.57. The van der Waals surface area contributed by atoms with Gasteiger partial charge in [-0.05, 0) is 43.1 Å². The van der Waals surface area contributed by atoms with Crippen molar-refractivity contribution in [3.05, 3.63) is 57.0 Å². The molecule has 1 N–H and O–H groups in total. The van der Waals surface area contributed by atoms with Crippen LogP contribution in [0.4, 0.5) is 4.39 Å². The van der Waals surface area contributed by atoms with Crippen molar-refractivity contribution in [1.82, 2.24) is 5.32 Å². The third kappa shape index (κ3) is 4.30. The van der Waals surface area contributed by atoms with Gasteiger partial charge in [-0.15, -0.1) is 11.3 Å². The largest absolute Gasteiger partial charge is 0.314 e. The van der Waals surface area contributed by atoms with Gasteiger partial charge in [-0.25, -0.2) is 4.39 Å². The van der Waals surface area contributed by atoms with Gasteiger partial charge in [0.1, 0.15) is 5.82 Å². The highest BCUT2D eigenvalue weighted by Gasteiger charge is 2.13. The van der Waals surface area contributed by atoms with Crippen molar-refractivity contribution in [2.24, 2.45) is 0 Å². The molecule has 2 rings (SSSR count). The van der Waals surface area contributed by atoms with E-state index in [2.05, 4.69) is 12.2 Å². The lowest BCUT2D eigenvalue weighted by molar-refractivity contribution is 0.508. The molecule has 102 valence electrons. The lowest BCUT2D eigenvalue weighted by Crippen LogP contribution is -2.33. The summed E-state index contributed by atoms with van der Waals surface area (Å²) in [5, 5.41) is 3.41. The maximum absolute atomic E-state index is 13.7. The SMILES string of the molecule is CCNC(Cc1ccc(Cl)s1)Cc1ccccc1F. The Hall–Kier alpha value is -0.900. The Bertz CT molecular complexity index is 526. The molecule has 0 aliphatic carbocycles. The molecule has 1 aromatic carbocycles. The predicted octanol–water partition coefficient (Wildman–Crippen LogP) is 4.30. The Morgan fingerprint density at radius 2 is 2.00 bits per heavy atom. The third-order valence-corrected chi connectivity index (χ3v) is 4.25. The lowest BCUT2D eigenvalue weighted by Gasteiger charge is -2.17. The van der Waals surface area contributed by atoms with E-state index >= 15 is 0 Å². The smallest absolute Gasteiger partial charge is 0.126 e. The second-order valence-corrected chi connectivity index (χ2v) is 6.26. The van der Waals surface area contributed by atoms with E-state index in [0.717, 1.165) is 22.9 Å². The molecule has 0 aliphatic rings. The van der Waals surface area contributed by atoms with E-state index in [9.17, 15) is 4.39 Å². The molecular weight excluding hydrogens is 281 g/mol. The number of thiophene rings is 1. The molecule has 0 saturated carbocycles. The number of hydrogen-bond donors (Lipinski definition) is 1. The molecule has 0 saturated heterocycles. The zero-order valence-electron chi connectivity index (χ0n) is 10.8. The quantitative estimate of drug-likeness (QED) is 0.838. The number of halogens is 2. The van der Waals surface area contributed by atoms with Gasteiger partial charge in [0.05, 0.1) is 4.34 Å². The van der Waals surface area contributed by atoms with Crippen LogP contribution in [0, 0.1) is 5.82 Å². The van der Waals surface area contributed by atoms with Crippen LogP contribution in [0.3, 0.4) is 0 Å². The molecule has 0 spiro atoms. The standard InChI is InChI=1S/C15H17ClFNS/c1-2-18-12(10-13-7-8-15(16)19-13)9-11-5-3-4-6-14(11)17/h3-8,12,18H,2,9-10H2,1H3. The summed E-state index contributed by atoms with van der Waals surface area (Å²) in [5.41, 5.74) is 0.760. The Labute approximate surface area is 122 Å². The van der Waals surface area contributed by atoms with Crippen LogP contribution >= 0.6 is 22.9 Å². The maximum Gasteiger partial charge on any atom is 0.126 e. The molecule has 19 heavy (non-hydrogen) atoms. The van der Waals surface area contributed by atoms with Gasteiger partial charge in [-0.1, -0.05) is 36.7 Å². The first-order valence-electron chi connectivity index (χ1n) is 6.40. The topological polar surface area (TPSA) is 12.0 Å². The van der Waals surface area contributed by atoms with E-state index in [1.807, 2.05) is 24.3 Å². The zero-order valence-corrected chi connectivity index (χ0v) is 12.4. The first-order valence-corrected chi connectivity index (χ1v) is 7.59. The van der Waals surface area contributed by atoms with E-state index in [4.69, 9.17) is 11.6 Å². The Morgan fingerprint density at radius 3 is 2.63 bits per heavy atom. The molecular formula is C15H17ClFNS. The monoisotopic (exact) mass is 297 g/mol. The van der Waals surface area contributed by atoms with Gasteiger partial charge in [0.2, 0.25) is 0 Å². The van der Waals surface area contributed by atoms with Crippen LogP contribution in [0.15, 0.2) is 36.4 Å². The molecule has 1 nitrogen and oxygen atoms in total. The van der Waals surface area contributed by atoms with Gasteiger partial charge in [0.15, 0.2) is 0 Å². The van der Waals surface area contributed by atoms with Gasteiger partial charge in [0.25, 0.3) is 0 Å². The Morgan fingerprint density at radius 1 is 1.21 bits per heavy atom. The van der Waals surface area contributed by atoms with Crippen molar-refractivity contribution < 1.29 is 4.39 Å². The van der Waals surface area contributed by atoms with Crippen molar-refractivity contribution in [1.29, 1.82) is 0 Å². The maximum atomic E-state index is 13.7. The number of hydrogen-bond acceptors (Lipinski definition) is 2. The molecule has 2 aromatic rings. The van der Waals surface area contributed by atoms with Gasteiger partial charge >= 0.3 is 0 Å². The number of benzene rings is 1. The number of rotatable bonds is 6. The molecule has 0 bridgehead atoms. The minimum Gasteiger partial charge on any atom is -0.314 e. The average Bonchev–Trinajstić information content (AvgIpc) is 2.78. The van der Waals surface area contributed by atoms with Crippen molar-refractivity contribution in [3.63, 3.8) is 0 Å². The van der Waals surface area contributed by atoms with Crippen LogP contribution in [0.5, 0.6) is 0 Å². The summed E-state index contributed by atoms with van der Waals surface area (Å²) in [6, 6.07) is 11.1. The molecule has 0 fully saturated rings. The third-order valence-electron chi connectivity index (χ3n) is 2.99. The van der Waals surface area contributed by atoms with Gasteiger partial charge < -0.3 is 5.32 Å². The van der Waals surface area contributed by atoms with Crippen molar-refractivity contribution in [2.75, 3.05) is 6.54 Å². The van der Waals surface area contributed by atoms with Gasteiger partial charge in [-0.3, -0.25) is 0 Å². The summed E-state index contributed by atoms with van der Waals surface area (Å²) in [6.45, 7) is 2.94. The van der Waals surface area contributed by atoms with Crippen LogP contribution in [0.1, 0.15) is 17.4 Å². The van der Waals surface area contributed by atoms with Crippen molar-refractivity contribution in [3.8, 4) is 0 Å². The van der Waals surface area contributed by atoms with Crippen LogP contribution < -0.4 is 5.32 Å². The van der Waals surface area contributed by atoms with Crippen molar-refractivity contribution in [2.45, 2.75) is 25.8 Å². The van der Waals surface area contributed by atoms with Crippen LogP contribution in [0.25, 0.3) is 0 Å². The molecule has 0 radical (unpaired) electrons. The summed E-state index contributed by atoms with van der Waals surface area (Å²) in [7, 11) is 0. The highest BCUT2D eigenvalue weighted by Crippen LogP contribution is 2.23. The normalized spacial score (nSPS) is 12.6. The minimum absolute atomic E-state index is 0.130. The Balaban J connectivity index is 2.06. The van der Waals surface area contributed by atoms with E-state index in [1.54, 1.807) is 17.4 Å². The zero-order chi connectivity index (χ0) is 13.7. The van der Waals surface area contributed by atoms with E-state index in [0.29, 0.717) is 6.42 Å². The Kier molecular flexibility index (Phi) is 5.37. The van der Waals surface area contributed by atoms with Crippen LogP contribution in [-0.2, 0) is 12.8 Å². The highest BCUT2D eigenvalue weighted by molar-refractivity contribution is 7.16. The van der Waals surface area contributed by atoms with Crippen LogP contribution in [-0.4, -0.2) is 12.6 Å². The van der Waals surface area contributed by atoms with E-state index < -0.39 is 0 Å². The molecule has 0 aliphatic heterocycles. The molecule has 1 aromatic heterocycles. The summed E-state index contributed by atoms with van der Waals surface area (Å²) in [4.78, 5) is 1.23. The number of likely N-dealkylation sites (N-methyl/N-ethyl adjacent to an activating group) is 1. The molecule has 1 atom stereocenters. The average molecular weight is 298 g/mol. The molecule has 0 amide bonds. The summed E-state index contributed by atoms with van der Waals surface area (Å²) >= 11 is 7.53. The van der Waals surface area contributed by atoms with Gasteiger partial charge in [0, 0.05) is 10.9 Å². The van der Waals surface area contributed by atoms with Crippen LogP contribution in [0.2, 0.25) is 4.34 Å². The summed E-state index contributed by atoms with van der Waals surface area (Å²) < 4.78 is 14.5. The van der Waals surface area contributed by atoms with Crippen molar-refractivity contribution >= 4 is 22.9 Å². The first-order chi connectivity index (χ1) is 9.19. The second kappa shape index (κ2) is 7.04. The molecule has 1 unspecified atom stereocenters. The fourth-order valence-electron chi connectivity index (χ4n) is 2.14.